The van der Waals surface area contributed by atoms with Gasteiger partial charge in [0.1, 0.15) is 17.2 Å². The van der Waals surface area contributed by atoms with Crippen LogP contribution in [0, 0.1) is 0 Å². The van der Waals surface area contributed by atoms with Crippen LogP contribution in [0.2, 0.25) is 10.0 Å². The average molecular weight is 584 g/mol. The van der Waals surface area contributed by atoms with Crippen LogP contribution in [-0.2, 0) is 0 Å². The van der Waals surface area contributed by atoms with Gasteiger partial charge in [-0.2, -0.15) is 0 Å². The van der Waals surface area contributed by atoms with Crippen molar-refractivity contribution in [2.24, 2.45) is 0 Å². The summed E-state index contributed by atoms with van der Waals surface area (Å²) in [6, 6.07) is 6.72. The SMILES string of the molecule is CCCCOc1cnc(-n2cc(C(=O)O)c(=O)c3cc(Cl)c(N4CCC[C@@H]4COc4ncccc4Cl)cc32)cn1. The molecule has 1 aromatic carbocycles. The summed E-state index contributed by atoms with van der Waals surface area (Å²) in [4.78, 5) is 40.1. The summed E-state index contributed by atoms with van der Waals surface area (Å²) in [5, 5.41) is 10.6. The molecule has 5 rings (SSSR count). The van der Waals surface area contributed by atoms with Gasteiger partial charge in [-0.1, -0.05) is 36.5 Å². The Kier molecular flexibility index (Phi) is 8.37. The largest absolute Gasteiger partial charge is 0.477 e. The first kappa shape index (κ1) is 27.7. The number of unbranched alkanes of at least 4 members (excludes halogenated alkanes) is 1. The van der Waals surface area contributed by atoms with Gasteiger partial charge in [0.05, 0.1) is 41.3 Å². The lowest BCUT2D eigenvalue weighted by Crippen LogP contribution is -2.34. The van der Waals surface area contributed by atoms with E-state index >= 15 is 0 Å². The van der Waals surface area contributed by atoms with E-state index in [2.05, 4.69) is 26.8 Å². The summed E-state index contributed by atoms with van der Waals surface area (Å²) < 4.78 is 13.1. The highest BCUT2D eigenvalue weighted by molar-refractivity contribution is 6.34. The lowest BCUT2D eigenvalue weighted by atomic mass is 10.1. The highest BCUT2D eigenvalue weighted by Crippen LogP contribution is 2.36. The lowest BCUT2D eigenvalue weighted by Gasteiger charge is -2.28. The van der Waals surface area contributed by atoms with Gasteiger partial charge in [0.15, 0.2) is 5.82 Å². The lowest BCUT2D eigenvalue weighted by molar-refractivity contribution is 0.0695. The van der Waals surface area contributed by atoms with Gasteiger partial charge in [0.2, 0.25) is 17.2 Å². The van der Waals surface area contributed by atoms with Gasteiger partial charge in [-0.3, -0.25) is 9.36 Å². The molecule has 12 heteroatoms. The summed E-state index contributed by atoms with van der Waals surface area (Å²) >= 11 is 12.9. The van der Waals surface area contributed by atoms with Gasteiger partial charge in [-0.25, -0.2) is 19.7 Å². The van der Waals surface area contributed by atoms with Crippen LogP contribution >= 0.6 is 23.2 Å². The molecule has 10 nitrogen and oxygen atoms in total. The Hall–Kier alpha value is -3.89. The number of fused-ring (bicyclic) bond motifs is 1. The number of benzene rings is 1. The van der Waals surface area contributed by atoms with Crippen molar-refractivity contribution >= 4 is 45.8 Å². The molecule has 0 radical (unpaired) electrons. The van der Waals surface area contributed by atoms with Crippen molar-refractivity contribution in [2.45, 2.75) is 38.6 Å². The summed E-state index contributed by atoms with van der Waals surface area (Å²) in [5.74, 6) is -0.304. The number of aromatic nitrogens is 4. The predicted octanol–water partition coefficient (Wildman–Crippen LogP) is 5.41. The number of nitrogens with zero attached hydrogens (tertiary/aromatic N) is 5. The van der Waals surface area contributed by atoms with E-state index in [1.54, 1.807) is 24.4 Å². The van der Waals surface area contributed by atoms with Gasteiger partial charge in [-0.15, -0.1) is 0 Å². The van der Waals surface area contributed by atoms with Gasteiger partial charge in [-0.05, 0) is 43.5 Å². The van der Waals surface area contributed by atoms with Gasteiger partial charge in [0, 0.05) is 24.3 Å². The normalized spacial score (nSPS) is 15.0. The molecule has 4 aromatic rings. The highest BCUT2D eigenvalue weighted by atomic mass is 35.5. The molecular weight excluding hydrogens is 557 g/mol. The Balaban J connectivity index is 1.53. The van der Waals surface area contributed by atoms with Crippen molar-refractivity contribution in [3.63, 3.8) is 0 Å². The first-order valence-electron chi connectivity index (χ1n) is 12.9. The Morgan fingerprint density at radius 2 is 2.00 bits per heavy atom. The first-order chi connectivity index (χ1) is 19.4. The molecule has 0 amide bonds. The van der Waals surface area contributed by atoms with Crippen molar-refractivity contribution in [2.75, 3.05) is 24.7 Å². The summed E-state index contributed by atoms with van der Waals surface area (Å²) in [6.07, 6.45) is 9.47. The monoisotopic (exact) mass is 583 g/mol. The van der Waals surface area contributed by atoms with E-state index in [1.165, 1.54) is 29.2 Å². The fourth-order valence-electron chi connectivity index (χ4n) is 4.70. The predicted molar refractivity (Wildman–Crippen MR) is 153 cm³/mol. The van der Waals surface area contributed by atoms with E-state index in [0.717, 1.165) is 32.2 Å². The second-order valence-corrected chi connectivity index (χ2v) is 10.2. The third-order valence-electron chi connectivity index (χ3n) is 6.74. The Morgan fingerprint density at radius 1 is 1.15 bits per heavy atom. The van der Waals surface area contributed by atoms with Crippen molar-refractivity contribution in [1.82, 2.24) is 19.5 Å². The van der Waals surface area contributed by atoms with Crippen molar-refractivity contribution in [3.8, 4) is 17.6 Å². The third-order valence-corrected chi connectivity index (χ3v) is 7.33. The molecule has 1 saturated heterocycles. The van der Waals surface area contributed by atoms with Crippen LogP contribution in [0.5, 0.6) is 11.8 Å². The van der Waals surface area contributed by atoms with Crippen LogP contribution in [0.4, 0.5) is 5.69 Å². The molecule has 1 N–H and O–H groups in total. The van der Waals surface area contributed by atoms with E-state index in [0.29, 0.717) is 52.0 Å². The molecule has 0 spiro atoms. The minimum Gasteiger partial charge on any atom is -0.477 e. The molecule has 4 heterocycles. The topological polar surface area (TPSA) is 120 Å². The zero-order chi connectivity index (χ0) is 28.2. The highest BCUT2D eigenvalue weighted by Gasteiger charge is 2.29. The molecule has 208 valence electrons. The first-order valence-corrected chi connectivity index (χ1v) is 13.7. The number of carbonyl (C=O) groups is 1. The van der Waals surface area contributed by atoms with Crippen LogP contribution in [0.25, 0.3) is 16.7 Å². The van der Waals surface area contributed by atoms with E-state index in [4.69, 9.17) is 32.7 Å². The molecule has 1 atom stereocenters. The average Bonchev–Trinajstić information content (AvgIpc) is 3.41. The number of halogens is 2. The van der Waals surface area contributed by atoms with E-state index in [1.807, 2.05) is 0 Å². The number of hydrogen-bond donors (Lipinski definition) is 1. The van der Waals surface area contributed by atoms with Crippen LogP contribution in [0.15, 0.2) is 53.8 Å². The molecule has 3 aromatic heterocycles. The van der Waals surface area contributed by atoms with Crippen molar-refractivity contribution in [1.29, 1.82) is 0 Å². The maximum Gasteiger partial charge on any atom is 0.341 e. The number of pyridine rings is 2. The number of rotatable bonds is 10. The fourth-order valence-corrected chi connectivity index (χ4v) is 5.15. The van der Waals surface area contributed by atoms with E-state index < -0.39 is 17.0 Å². The summed E-state index contributed by atoms with van der Waals surface area (Å²) in [7, 11) is 0. The maximum absolute atomic E-state index is 13.1. The molecule has 0 saturated carbocycles. The Labute approximate surface area is 240 Å². The number of anilines is 1. The quantitative estimate of drug-likeness (QED) is 0.244. The number of aromatic carboxylic acids is 1. The second kappa shape index (κ2) is 12.1. The molecule has 1 aliphatic rings. The third kappa shape index (κ3) is 5.68. The van der Waals surface area contributed by atoms with Crippen LogP contribution in [0.1, 0.15) is 43.0 Å². The Bertz CT molecular complexity index is 1600. The summed E-state index contributed by atoms with van der Waals surface area (Å²) in [5.41, 5.74) is 0.102. The van der Waals surface area contributed by atoms with Gasteiger partial charge in [0.25, 0.3) is 0 Å². The zero-order valence-electron chi connectivity index (χ0n) is 21.7. The smallest absolute Gasteiger partial charge is 0.341 e. The van der Waals surface area contributed by atoms with Gasteiger partial charge < -0.3 is 19.5 Å². The Morgan fingerprint density at radius 3 is 2.73 bits per heavy atom. The van der Waals surface area contributed by atoms with Crippen LogP contribution in [0.3, 0.4) is 0 Å². The number of carboxylic acids is 1. The molecule has 1 aliphatic heterocycles. The van der Waals surface area contributed by atoms with Crippen molar-refractivity contribution in [3.05, 3.63) is 74.9 Å². The molecule has 0 aliphatic carbocycles. The van der Waals surface area contributed by atoms with E-state index in [-0.39, 0.29) is 11.4 Å². The minimum absolute atomic E-state index is 0.0224. The summed E-state index contributed by atoms with van der Waals surface area (Å²) in [6.45, 7) is 3.63. The second-order valence-electron chi connectivity index (χ2n) is 9.37. The maximum atomic E-state index is 13.1. The standard InChI is InChI=1S/C28H27Cl2N5O5/c1-2-3-10-39-25-14-32-24(13-33-25)35-15-19(28(37)38)26(36)18-11-21(30)23(12-22(18)35)34-9-5-6-17(34)16-40-27-20(29)7-4-8-31-27/h4,7-8,11-15,17H,2-3,5-6,9-10,16H2,1H3,(H,37,38)/t17-/m1/s1. The molecular formula is C28H27Cl2N5O5. The van der Waals surface area contributed by atoms with Crippen molar-refractivity contribution < 1.29 is 19.4 Å². The number of carboxylic acid groups (broad SMARTS) is 1. The molecule has 0 bridgehead atoms. The van der Waals surface area contributed by atoms with Gasteiger partial charge >= 0.3 is 5.97 Å². The minimum atomic E-state index is -1.35. The molecule has 40 heavy (non-hydrogen) atoms. The molecule has 1 fully saturated rings. The van der Waals surface area contributed by atoms with Crippen LogP contribution in [-0.4, -0.2) is 56.4 Å². The fraction of sp³-hybridized carbons (Fsp3) is 0.321. The zero-order valence-corrected chi connectivity index (χ0v) is 23.2. The number of ether oxygens (including phenoxy) is 2. The number of hydrogen-bond acceptors (Lipinski definition) is 8. The molecule has 0 unspecified atom stereocenters. The van der Waals surface area contributed by atoms with Crippen LogP contribution < -0.4 is 19.8 Å². The van der Waals surface area contributed by atoms with E-state index in [9.17, 15) is 14.7 Å².